The molecule has 0 aliphatic carbocycles. The molecule has 1 atom stereocenters. The van der Waals surface area contributed by atoms with Crippen LogP contribution in [0.15, 0.2) is 60.4 Å². The highest BCUT2D eigenvalue weighted by Gasteiger charge is 2.41. The lowest BCUT2D eigenvalue weighted by Gasteiger charge is -2.29. The maximum atomic E-state index is 13.8. The number of aliphatic hydroxyl groups excluding tert-OH is 1. The van der Waals surface area contributed by atoms with Crippen LogP contribution in [-0.4, -0.2) is 60.4 Å². The van der Waals surface area contributed by atoms with Crippen molar-refractivity contribution < 1.29 is 14.7 Å². The van der Waals surface area contributed by atoms with Gasteiger partial charge >= 0.3 is 0 Å². The Morgan fingerprint density at radius 2 is 1.86 bits per heavy atom. The quantitative estimate of drug-likeness (QED) is 0.329. The highest BCUT2D eigenvalue weighted by atomic mass is 32.1. The molecule has 2 amide bonds. The van der Waals surface area contributed by atoms with Crippen molar-refractivity contribution in [3.05, 3.63) is 99.6 Å². The van der Waals surface area contributed by atoms with Crippen LogP contribution in [0.3, 0.4) is 0 Å². The van der Waals surface area contributed by atoms with Crippen LogP contribution < -0.4 is 5.32 Å². The van der Waals surface area contributed by atoms with Crippen molar-refractivity contribution in [1.29, 1.82) is 0 Å². The van der Waals surface area contributed by atoms with E-state index in [9.17, 15) is 14.7 Å². The van der Waals surface area contributed by atoms with Crippen LogP contribution in [0, 0.1) is 11.8 Å². The molecule has 0 spiro atoms. The average Bonchev–Trinajstić information content (AvgIpc) is 3.82. The summed E-state index contributed by atoms with van der Waals surface area (Å²) in [6, 6.07) is 13.1. The van der Waals surface area contributed by atoms with E-state index in [2.05, 4.69) is 48.7 Å². The number of hydrogen-bond donors (Lipinski definition) is 2. The molecule has 0 radical (unpaired) electrons. The number of aliphatic hydroxyl groups is 1. The van der Waals surface area contributed by atoms with Crippen molar-refractivity contribution in [3.8, 4) is 11.8 Å². The van der Waals surface area contributed by atoms with Crippen LogP contribution in [0.2, 0.25) is 0 Å². The number of aromatic nitrogens is 3. The topological polar surface area (TPSA) is 104 Å². The van der Waals surface area contributed by atoms with E-state index >= 15 is 0 Å². The van der Waals surface area contributed by atoms with Gasteiger partial charge in [-0.05, 0) is 61.1 Å². The van der Waals surface area contributed by atoms with Gasteiger partial charge in [0, 0.05) is 66.7 Å². The molecule has 2 N–H and O–H groups in total. The number of amides is 2. The summed E-state index contributed by atoms with van der Waals surface area (Å²) in [5.41, 5.74) is 5.95. The molecule has 0 saturated carbocycles. The molecule has 7 rings (SSSR count). The average molecular weight is 593 g/mol. The summed E-state index contributed by atoms with van der Waals surface area (Å²) in [6.07, 6.45) is 6.72. The molecule has 43 heavy (non-hydrogen) atoms. The number of hydrogen-bond acceptors (Lipinski definition) is 7. The maximum absolute atomic E-state index is 13.8. The van der Waals surface area contributed by atoms with Crippen LogP contribution in [0.25, 0.3) is 0 Å². The number of thiazole rings is 1. The van der Waals surface area contributed by atoms with Crippen molar-refractivity contribution in [2.45, 2.75) is 57.5 Å². The van der Waals surface area contributed by atoms with Crippen molar-refractivity contribution in [3.63, 3.8) is 0 Å². The number of nitrogens with zero attached hydrogens (tertiary/aromatic N) is 5. The molecular weight excluding hydrogens is 560 g/mol. The van der Waals surface area contributed by atoms with Crippen molar-refractivity contribution in [1.82, 2.24) is 24.3 Å². The molecular formula is C33H32N6O3S. The fourth-order valence-corrected chi connectivity index (χ4v) is 6.72. The number of benzene rings is 2. The van der Waals surface area contributed by atoms with Gasteiger partial charge in [0.1, 0.15) is 0 Å². The summed E-state index contributed by atoms with van der Waals surface area (Å²) >= 11 is 1.34. The summed E-state index contributed by atoms with van der Waals surface area (Å²) in [7, 11) is 0. The largest absolute Gasteiger partial charge is 0.393 e. The molecule has 3 aliphatic heterocycles. The molecule has 2 aromatic carbocycles. The normalized spacial score (nSPS) is 17.3. The van der Waals surface area contributed by atoms with Gasteiger partial charge in [-0.25, -0.2) is 9.97 Å². The lowest BCUT2D eigenvalue weighted by Crippen LogP contribution is -2.38. The minimum atomic E-state index is -0.860. The first-order valence-electron chi connectivity index (χ1n) is 14.7. The van der Waals surface area contributed by atoms with E-state index < -0.39 is 6.04 Å². The summed E-state index contributed by atoms with van der Waals surface area (Å²) < 4.78 is 2.08. The number of aryl methyl sites for hydroxylation is 1. The van der Waals surface area contributed by atoms with E-state index in [-0.39, 0.29) is 17.9 Å². The van der Waals surface area contributed by atoms with Crippen molar-refractivity contribution in [2.75, 3.05) is 18.4 Å². The Bertz CT molecular complexity index is 1710. The zero-order valence-corrected chi connectivity index (χ0v) is 24.5. The minimum absolute atomic E-state index is 0.168. The Labute approximate surface area is 254 Å². The number of nitrogens with one attached hydrogen (secondary N) is 1. The molecule has 2 aromatic heterocycles. The standard InChI is InChI=1S/C33H32N6O3S/c40-26-11-15-37(16-12-26)19-24-7-4-22(5-8-24)3-6-23-9-10-25-20-39(32(42)27(25)18-23)30(31(41)36-33-34-13-17-43-33)29-28-2-1-14-38(28)21-35-29/h4-5,7-10,13,17-18,21,26,30,40H,1-2,11-12,14-16,19-20H2,(H,34,36,41). The van der Waals surface area contributed by atoms with Gasteiger partial charge in [0.2, 0.25) is 0 Å². The number of rotatable bonds is 6. The fraction of sp³-hybridized carbons (Fsp3) is 0.333. The second-order valence-corrected chi connectivity index (χ2v) is 12.3. The van der Waals surface area contributed by atoms with E-state index in [1.54, 1.807) is 22.8 Å². The van der Waals surface area contributed by atoms with Crippen LogP contribution in [0.1, 0.15) is 69.3 Å². The van der Waals surface area contributed by atoms with Crippen LogP contribution in [-0.2, 0) is 30.8 Å². The molecule has 10 heteroatoms. The molecule has 0 bridgehead atoms. The SMILES string of the molecule is O=C(Nc1nccs1)C(c1ncn2c1CCC2)N1Cc2ccc(C#Cc3ccc(CN4CCC(O)CC4)cc3)cc2C1=O. The predicted molar refractivity (Wildman–Crippen MR) is 163 cm³/mol. The monoisotopic (exact) mass is 592 g/mol. The van der Waals surface area contributed by atoms with Crippen LogP contribution in [0.5, 0.6) is 0 Å². The summed E-state index contributed by atoms with van der Waals surface area (Å²) in [6.45, 7) is 3.89. The third-order valence-electron chi connectivity index (χ3n) is 8.48. The third kappa shape index (κ3) is 5.71. The van der Waals surface area contributed by atoms with E-state index in [0.717, 1.165) is 74.2 Å². The van der Waals surface area contributed by atoms with Crippen molar-refractivity contribution in [2.24, 2.45) is 0 Å². The number of piperidine rings is 1. The van der Waals surface area contributed by atoms with Gasteiger partial charge in [-0.15, -0.1) is 11.3 Å². The number of carbonyl (C=O) groups excluding carboxylic acids is 2. The first-order valence-corrected chi connectivity index (χ1v) is 15.6. The second kappa shape index (κ2) is 11.8. The maximum Gasteiger partial charge on any atom is 0.255 e. The molecule has 5 heterocycles. The zero-order valence-electron chi connectivity index (χ0n) is 23.7. The lowest BCUT2D eigenvalue weighted by molar-refractivity contribution is -0.121. The minimum Gasteiger partial charge on any atom is -0.393 e. The Kier molecular flexibility index (Phi) is 7.53. The Balaban J connectivity index is 1.09. The summed E-state index contributed by atoms with van der Waals surface area (Å²) in [4.78, 5) is 40.3. The molecule has 218 valence electrons. The molecule has 1 fully saturated rings. The van der Waals surface area contributed by atoms with E-state index in [1.165, 1.54) is 16.9 Å². The van der Waals surface area contributed by atoms with E-state index in [0.29, 0.717) is 22.9 Å². The van der Waals surface area contributed by atoms with Gasteiger partial charge < -0.3 is 14.6 Å². The molecule has 4 aromatic rings. The first kappa shape index (κ1) is 27.5. The Hall–Kier alpha value is -4.30. The van der Waals surface area contributed by atoms with Gasteiger partial charge in [0.25, 0.3) is 11.8 Å². The third-order valence-corrected chi connectivity index (χ3v) is 9.17. The lowest BCUT2D eigenvalue weighted by atomic mass is 10.1. The van der Waals surface area contributed by atoms with E-state index in [4.69, 9.17) is 0 Å². The van der Waals surface area contributed by atoms with E-state index in [1.807, 2.05) is 30.3 Å². The van der Waals surface area contributed by atoms with Crippen molar-refractivity contribution >= 4 is 28.3 Å². The van der Waals surface area contributed by atoms with Crippen LogP contribution >= 0.6 is 11.3 Å². The Morgan fingerprint density at radius 1 is 1.07 bits per heavy atom. The summed E-state index contributed by atoms with van der Waals surface area (Å²) in [5.74, 6) is 5.93. The smallest absolute Gasteiger partial charge is 0.255 e. The summed E-state index contributed by atoms with van der Waals surface area (Å²) in [5, 5.41) is 14.9. The zero-order chi connectivity index (χ0) is 29.3. The number of fused-ring (bicyclic) bond motifs is 2. The number of anilines is 1. The molecule has 9 nitrogen and oxygen atoms in total. The van der Waals surface area contributed by atoms with Crippen LogP contribution in [0.4, 0.5) is 5.13 Å². The van der Waals surface area contributed by atoms with Gasteiger partial charge in [-0.3, -0.25) is 19.8 Å². The second-order valence-electron chi connectivity index (χ2n) is 11.4. The molecule has 1 saturated heterocycles. The first-order chi connectivity index (χ1) is 21.0. The highest BCUT2D eigenvalue weighted by Crippen LogP contribution is 2.35. The van der Waals surface area contributed by atoms with Gasteiger partial charge in [0.15, 0.2) is 11.2 Å². The molecule has 1 unspecified atom stereocenters. The fourth-order valence-electron chi connectivity index (χ4n) is 6.19. The molecule has 3 aliphatic rings. The predicted octanol–water partition coefficient (Wildman–Crippen LogP) is 3.98. The van der Waals surface area contributed by atoms with Gasteiger partial charge in [0.05, 0.1) is 18.1 Å². The van der Waals surface area contributed by atoms with Gasteiger partial charge in [-0.1, -0.05) is 30.0 Å². The number of likely N-dealkylation sites (tertiary alicyclic amines) is 1. The van der Waals surface area contributed by atoms with Gasteiger partial charge in [-0.2, -0.15) is 0 Å². The Morgan fingerprint density at radius 3 is 2.65 bits per heavy atom. The number of carbonyl (C=O) groups is 2. The number of imidazole rings is 1. The highest BCUT2D eigenvalue weighted by molar-refractivity contribution is 7.13.